The number of rotatable bonds is 4. The Labute approximate surface area is 140 Å². The highest BCUT2D eigenvalue weighted by Crippen LogP contribution is 2.16. The van der Waals surface area contributed by atoms with Crippen LogP contribution >= 0.6 is 0 Å². The first-order valence-electron chi connectivity index (χ1n) is 8.33. The zero-order valence-electron chi connectivity index (χ0n) is 14.0. The van der Waals surface area contributed by atoms with Crippen molar-refractivity contribution in [1.29, 1.82) is 0 Å². The van der Waals surface area contributed by atoms with Gasteiger partial charge in [0.2, 0.25) is 5.82 Å². The molecule has 1 N–H and O–H groups in total. The molecule has 0 saturated carbocycles. The molecule has 0 aliphatic carbocycles. The Bertz CT molecular complexity index is 730. The Morgan fingerprint density at radius 1 is 1.42 bits per heavy atom. The summed E-state index contributed by atoms with van der Waals surface area (Å²) in [6.07, 6.45) is 1.47. The van der Waals surface area contributed by atoms with Crippen molar-refractivity contribution in [3.05, 3.63) is 41.7 Å². The smallest absolute Gasteiger partial charge is 0.293 e. The van der Waals surface area contributed by atoms with E-state index in [0.717, 1.165) is 13.0 Å². The molecule has 2 heterocycles. The maximum atomic E-state index is 14.1. The number of piperazine rings is 1. The minimum atomic E-state index is -0.380. The van der Waals surface area contributed by atoms with E-state index in [1.165, 1.54) is 10.7 Å². The molecular formula is C17H22FN5O. The standard InChI is InChI=1S/C17H22FN5O/c1-3-6-15-20-16(17(24)22-10-9-19-12(2)11-22)21-23(15)14-8-5-4-7-13(14)18/h4-5,7-8,12,19H,3,6,9-11H2,1-2H3. The Kier molecular flexibility index (Phi) is 4.89. The monoisotopic (exact) mass is 331 g/mol. The average Bonchev–Trinajstić information content (AvgIpc) is 2.99. The molecule has 1 aliphatic heterocycles. The summed E-state index contributed by atoms with van der Waals surface area (Å²) < 4.78 is 15.6. The van der Waals surface area contributed by atoms with Crippen LogP contribution in [0.5, 0.6) is 0 Å². The fourth-order valence-corrected chi connectivity index (χ4v) is 2.90. The van der Waals surface area contributed by atoms with Crippen molar-refractivity contribution in [1.82, 2.24) is 25.0 Å². The first kappa shape index (κ1) is 16.6. The molecule has 1 aromatic heterocycles. The van der Waals surface area contributed by atoms with E-state index in [1.807, 2.05) is 13.8 Å². The van der Waals surface area contributed by atoms with E-state index in [4.69, 9.17) is 0 Å². The molecule has 0 spiro atoms. The number of halogens is 1. The van der Waals surface area contributed by atoms with E-state index >= 15 is 0 Å². The van der Waals surface area contributed by atoms with Gasteiger partial charge in [0, 0.05) is 32.1 Å². The lowest BCUT2D eigenvalue weighted by molar-refractivity contribution is 0.0696. The molecule has 1 unspecified atom stereocenters. The van der Waals surface area contributed by atoms with Crippen LogP contribution in [0.4, 0.5) is 4.39 Å². The molecule has 24 heavy (non-hydrogen) atoms. The lowest BCUT2D eigenvalue weighted by atomic mass is 10.2. The van der Waals surface area contributed by atoms with Gasteiger partial charge >= 0.3 is 0 Å². The maximum absolute atomic E-state index is 14.1. The number of hydrogen-bond donors (Lipinski definition) is 1. The number of carbonyl (C=O) groups excluding carboxylic acids is 1. The van der Waals surface area contributed by atoms with Crippen LogP contribution < -0.4 is 5.32 Å². The molecule has 3 rings (SSSR count). The number of aryl methyl sites for hydroxylation is 1. The van der Waals surface area contributed by atoms with E-state index in [9.17, 15) is 9.18 Å². The summed E-state index contributed by atoms with van der Waals surface area (Å²) in [7, 11) is 0. The minimum absolute atomic E-state index is 0.135. The summed E-state index contributed by atoms with van der Waals surface area (Å²) in [5.74, 6) is 0.162. The van der Waals surface area contributed by atoms with Gasteiger partial charge in [0.15, 0.2) is 0 Å². The molecule has 0 bridgehead atoms. The van der Waals surface area contributed by atoms with Crippen molar-refractivity contribution in [2.75, 3.05) is 19.6 Å². The number of nitrogens with zero attached hydrogens (tertiary/aromatic N) is 4. The number of benzene rings is 1. The number of carbonyl (C=O) groups is 1. The zero-order chi connectivity index (χ0) is 17.1. The van der Waals surface area contributed by atoms with Crippen molar-refractivity contribution in [2.24, 2.45) is 0 Å². The van der Waals surface area contributed by atoms with Gasteiger partial charge in [-0.1, -0.05) is 19.1 Å². The fourth-order valence-electron chi connectivity index (χ4n) is 2.90. The Hall–Kier alpha value is -2.28. The van der Waals surface area contributed by atoms with Gasteiger partial charge < -0.3 is 10.2 Å². The molecule has 1 amide bonds. The van der Waals surface area contributed by atoms with Crippen molar-refractivity contribution in [2.45, 2.75) is 32.7 Å². The van der Waals surface area contributed by atoms with Crippen molar-refractivity contribution in [3.63, 3.8) is 0 Å². The molecule has 1 aliphatic rings. The van der Waals surface area contributed by atoms with E-state index in [-0.39, 0.29) is 23.6 Å². The van der Waals surface area contributed by atoms with Crippen LogP contribution in [0.3, 0.4) is 0 Å². The molecule has 1 fully saturated rings. The summed E-state index contributed by atoms with van der Waals surface area (Å²) in [4.78, 5) is 18.8. The first-order chi connectivity index (χ1) is 11.6. The molecule has 6 nitrogen and oxygen atoms in total. The van der Waals surface area contributed by atoms with E-state index in [0.29, 0.717) is 31.0 Å². The third-order valence-electron chi connectivity index (χ3n) is 4.08. The zero-order valence-corrected chi connectivity index (χ0v) is 14.0. The van der Waals surface area contributed by atoms with Gasteiger partial charge in [-0.3, -0.25) is 4.79 Å². The molecule has 1 saturated heterocycles. The summed E-state index contributed by atoms with van der Waals surface area (Å²) in [6.45, 7) is 6.05. The summed E-state index contributed by atoms with van der Waals surface area (Å²) in [6, 6.07) is 6.64. The summed E-state index contributed by atoms with van der Waals surface area (Å²) >= 11 is 0. The molecule has 128 valence electrons. The van der Waals surface area contributed by atoms with E-state index in [1.54, 1.807) is 23.1 Å². The van der Waals surface area contributed by atoms with Gasteiger partial charge in [-0.15, -0.1) is 5.10 Å². The average molecular weight is 331 g/mol. The number of para-hydroxylation sites is 1. The van der Waals surface area contributed by atoms with Gasteiger partial charge in [0.25, 0.3) is 5.91 Å². The quantitative estimate of drug-likeness (QED) is 0.928. The van der Waals surface area contributed by atoms with Gasteiger partial charge in [0.05, 0.1) is 0 Å². The van der Waals surface area contributed by atoms with Crippen molar-refractivity contribution < 1.29 is 9.18 Å². The lowest BCUT2D eigenvalue weighted by Gasteiger charge is -2.31. The maximum Gasteiger partial charge on any atom is 0.293 e. The van der Waals surface area contributed by atoms with E-state index in [2.05, 4.69) is 15.4 Å². The highest BCUT2D eigenvalue weighted by molar-refractivity contribution is 5.90. The highest BCUT2D eigenvalue weighted by atomic mass is 19.1. The number of aromatic nitrogens is 3. The van der Waals surface area contributed by atoms with Crippen LogP contribution in [0.1, 0.15) is 36.7 Å². The van der Waals surface area contributed by atoms with Gasteiger partial charge in [0.1, 0.15) is 17.3 Å². The Morgan fingerprint density at radius 2 is 2.21 bits per heavy atom. The Morgan fingerprint density at radius 3 is 2.92 bits per heavy atom. The first-order valence-corrected chi connectivity index (χ1v) is 8.33. The van der Waals surface area contributed by atoms with Gasteiger partial charge in [-0.25, -0.2) is 14.1 Å². The predicted molar refractivity (Wildman–Crippen MR) is 88.7 cm³/mol. The van der Waals surface area contributed by atoms with Crippen LogP contribution in [-0.2, 0) is 6.42 Å². The van der Waals surface area contributed by atoms with Crippen LogP contribution in [0, 0.1) is 5.82 Å². The third kappa shape index (κ3) is 3.31. The second-order valence-electron chi connectivity index (χ2n) is 6.07. The van der Waals surface area contributed by atoms with Crippen LogP contribution in [-0.4, -0.2) is 51.2 Å². The molecule has 1 atom stereocenters. The number of hydrogen-bond acceptors (Lipinski definition) is 4. The summed E-state index contributed by atoms with van der Waals surface area (Å²) in [5, 5.41) is 7.61. The fraction of sp³-hybridized carbons (Fsp3) is 0.471. The normalized spacial score (nSPS) is 18.0. The molecular weight excluding hydrogens is 309 g/mol. The van der Waals surface area contributed by atoms with E-state index < -0.39 is 0 Å². The number of nitrogens with one attached hydrogen (secondary N) is 1. The topological polar surface area (TPSA) is 63.1 Å². The minimum Gasteiger partial charge on any atom is -0.333 e. The van der Waals surface area contributed by atoms with Crippen LogP contribution in [0.15, 0.2) is 24.3 Å². The Balaban J connectivity index is 1.94. The molecule has 2 aromatic rings. The van der Waals surface area contributed by atoms with Gasteiger partial charge in [-0.05, 0) is 25.5 Å². The SMILES string of the molecule is CCCc1nc(C(=O)N2CCNC(C)C2)nn1-c1ccccc1F. The molecule has 7 heteroatoms. The van der Waals surface area contributed by atoms with Crippen molar-refractivity contribution >= 4 is 5.91 Å². The molecule has 0 radical (unpaired) electrons. The predicted octanol–water partition coefficient (Wildman–Crippen LogP) is 1.79. The van der Waals surface area contributed by atoms with Crippen molar-refractivity contribution in [3.8, 4) is 5.69 Å². The number of amides is 1. The highest BCUT2D eigenvalue weighted by Gasteiger charge is 2.26. The third-order valence-corrected chi connectivity index (χ3v) is 4.08. The largest absolute Gasteiger partial charge is 0.333 e. The van der Waals surface area contributed by atoms with Crippen LogP contribution in [0.25, 0.3) is 5.69 Å². The summed E-state index contributed by atoms with van der Waals surface area (Å²) in [5.41, 5.74) is 0.321. The second-order valence-corrected chi connectivity index (χ2v) is 6.07. The molecule has 1 aromatic carbocycles. The second kappa shape index (κ2) is 7.09. The lowest BCUT2D eigenvalue weighted by Crippen LogP contribution is -2.51. The van der Waals surface area contributed by atoms with Gasteiger partial charge in [-0.2, -0.15) is 0 Å². The van der Waals surface area contributed by atoms with Crippen LogP contribution in [0.2, 0.25) is 0 Å².